The maximum absolute atomic E-state index is 13.4. The highest BCUT2D eigenvalue weighted by atomic mass is 32.2. The van der Waals surface area contributed by atoms with Gasteiger partial charge >= 0.3 is 6.09 Å². The fourth-order valence-corrected chi connectivity index (χ4v) is 2.69. The maximum Gasteiger partial charge on any atom is 0.408 e. The number of ether oxygens (including phenoxy) is 2. The molecular weight excluding hydrogens is 365 g/mol. The molecule has 1 atom stereocenters. The lowest BCUT2D eigenvalue weighted by Crippen LogP contribution is -2.43. The number of amides is 1. The summed E-state index contributed by atoms with van der Waals surface area (Å²) in [7, 11) is -3.84. The molecule has 0 aromatic heterocycles. The predicted molar refractivity (Wildman–Crippen MR) is 92.4 cm³/mol. The van der Waals surface area contributed by atoms with E-state index in [1.54, 1.807) is 20.8 Å². The molecule has 1 aliphatic carbocycles. The number of nitrogens with one attached hydrogen (secondary N) is 1. The Morgan fingerprint density at radius 1 is 1.35 bits per heavy atom. The quantitative estimate of drug-likeness (QED) is 0.570. The van der Waals surface area contributed by atoms with Crippen LogP contribution >= 0.6 is 0 Å². The van der Waals surface area contributed by atoms with Gasteiger partial charge in [-0.2, -0.15) is 8.42 Å². The molecule has 0 saturated heterocycles. The van der Waals surface area contributed by atoms with Crippen LogP contribution in [0.1, 0.15) is 45.5 Å². The van der Waals surface area contributed by atoms with Crippen LogP contribution in [0.2, 0.25) is 0 Å². The van der Waals surface area contributed by atoms with E-state index in [2.05, 4.69) is 5.32 Å². The standard InChI is InChI=1S/C17H24FNO6S/c1-16(2,3)24-15(20)19-17(8-9-17)11-23-14(25-26(4,21)22)12-6-5-7-13(18)10-12/h5-7,10,14H,8-9,11H2,1-4H3,(H,19,20). The molecule has 9 heteroatoms. The van der Waals surface area contributed by atoms with Crippen molar-refractivity contribution in [3.05, 3.63) is 35.6 Å². The van der Waals surface area contributed by atoms with Crippen molar-refractivity contribution >= 4 is 16.2 Å². The van der Waals surface area contributed by atoms with E-state index in [0.717, 1.165) is 12.3 Å². The monoisotopic (exact) mass is 389 g/mol. The summed E-state index contributed by atoms with van der Waals surface area (Å²) < 4.78 is 52.1. The molecule has 26 heavy (non-hydrogen) atoms. The number of halogens is 1. The van der Waals surface area contributed by atoms with Gasteiger partial charge in [0.2, 0.25) is 6.29 Å². The van der Waals surface area contributed by atoms with Crippen LogP contribution in [-0.4, -0.2) is 38.5 Å². The third-order valence-corrected chi connectivity index (χ3v) is 4.04. The predicted octanol–water partition coefficient (Wildman–Crippen LogP) is 2.87. The second-order valence-electron chi connectivity index (χ2n) is 7.41. The first-order valence-electron chi connectivity index (χ1n) is 8.14. The minimum absolute atomic E-state index is 0.00292. The van der Waals surface area contributed by atoms with Crippen LogP contribution in [0.15, 0.2) is 24.3 Å². The van der Waals surface area contributed by atoms with Crippen LogP contribution in [0.25, 0.3) is 0 Å². The van der Waals surface area contributed by atoms with E-state index in [1.165, 1.54) is 18.2 Å². The molecule has 7 nitrogen and oxygen atoms in total. The number of carbonyl (C=O) groups excluding carboxylic acids is 1. The Labute approximate surface area is 152 Å². The smallest absolute Gasteiger partial charge is 0.408 e. The van der Waals surface area contributed by atoms with Crippen molar-refractivity contribution in [2.24, 2.45) is 0 Å². The van der Waals surface area contributed by atoms with E-state index in [0.29, 0.717) is 12.8 Å². The molecule has 1 aromatic carbocycles. The average molecular weight is 389 g/mol. The first-order valence-corrected chi connectivity index (χ1v) is 9.96. The van der Waals surface area contributed by atoms with E-state index in [1.807, 2.05) is 0 Å². The van der Waals surface area contributed by atoms with Crippen molar-refractivity contribution < 1.29 is 31.3 Å². The van der Waals surface area contributed by atoms with Crippen LogP contribution < -0.4 is 5.32 Å². The van der Waals surface area contributed by atoms with Crippen LogP contribution in [0.5, 0.6) is 0 Å². The van der Waals surface area contributed by atoms with E-state index in [4.69, 9.17) is 13.7 Å². The first-order chi connectivity index (χ1) is 11.9. The Morgan fingerprint density at radius 2 is 2.00 bits per heavy atom. The van der Waals surface area contributed by atoms with Gasteiger partial charge in [-0.25, -0.2) is 13.4 Å². The summed E-state index contributed by atoms with van der Waals surface area (Å²) in [6.07, 6.45) is 0.305. The lowest BCUT2D eigenvalue weighted by Gasteiger charge is -2.25. The number of hydrogen-bond acceptors (Lipinski definition) is 6. The van der Waals surface area contributed by atoms with Gasteiger partial charge in [0.25, 0.3) is 10.1 Å². The zero-order valence-electron chi connectivity index (χ0n) is 15.2. The van der Waals surface area contributed by atoms with Crippen molar-refractivity contribution in [1.82, 2.24) is 5.32 Å². The second kappa shape index (κ2) is 7.50. The summed E-state index contributed by atoms with van der Waals surface area (Å²) in [6.45, 7) is 5.26. The Kier molecular flexibility index (Phi) is 5.94. The number of hydrogen-bond donors (Lipinski definition) is 1. The van der Waals surface area contributed by atoms with Crippen LogP contribution in [0, 0.1) is 5.82 Å². The minimum Gasteiger partial charge on any atom is -0.444 e. The molecule has 146 valence electrons. The summed E-state index contributed by atoms with van der Waals surface area (Å²) >= 11 is 0. The lowest BCUT2D eigenvalue weighted by atomic mass is 10.2. The lowest BCUT2D eigenvalue weighted by molar-refractivity contribution is -0.0891. The molecule has 0 spiro atoms. The van der Waals surface area contributed by atoms with Crippen molar-refractivity contribution in [2.75, 3.05) is 12.9 Å². The molecule has 0 bridgehead atoms. The second-order valence-corrected chi connectivity index (χ2v) is 9.01. The summed E-state index contributed by atoms with van der Waals surface area (Å²) in [5.41, 5.74) is -1.05. The molecule has 0 radical (unpaired) electrons. The molecule has 1 unspecified atom stereocenters. The third kappa shape index (κ3) is 6.89. The molecule has 1 amide bonds. The van der Waals surface area contributed by atoms with Crippen molar-refractivity contribution in [3.8, 4) is 0 Å². The van der Waals surface area contributed by atoms with Gasteiger partial charge in [0.1, 0.15) is 11.4 Å². The fraction of sp³-hybridized carbons (Fsp3) is 0.588. The van der Waals surface area contributed by atoms with Crippen LogP contribution in [-0.2, 0) is 23.8 Å². The van der Waals surface area contributed by atoms with Gasteiger partial charge in [0.05, 0.1) is 18.4 Å². The van der Waals surface area contributed by atoms with Gasteiger partial charge in [-0.05, 0) is 45.7 Å². The highest BCUT2D eigenvalue weighted by Crippen LogP contribution is 2.37. The Balaban J connectivity index is 2.03. The van der Waals surface area contributed by atoms with Gasteiger partial charge in [-0.3, -0.25) is 0 Å². The Morgan fingerprint density at radius 3 is 2.50 bits per heavy atom. The molecule has 1 aromatic rings. The van der Waals surface area contributed by atoms with E-state index in [-0.39, 0.29) is 12.2 Å². The number of alkyl carbamates (subject to hydrolysis) is 1. The largest absolute Gasteiger partial charge is 0.444 e. The highest BCUT2D eigenvalue weighted by molar-refractivity contribution is 7.85. The molecule has 1 aliphatic rings. The first kappa shape index (κ1) is 20.6. The summed E-state index contributed by atoms with van der Waals surface area (Å²) in [5, 5.41) is 2.74. The molecule has 1 saturated carbocycles. The van der Waals surface area contributed by atoms with Crippen molar-refractivity contribution in [3.63, 3.8) is 0 Å². The van der Waals surface area contributed by atoms with Gasteiger partial charge in [-0.15, -0.1) is 0 Å². The van der Waals surface area contributed by atoms with Gasteiger partial charge in [0.15, 0.2) is 0 Å². The van der Waals surface area contributed by atoms with Crippen LogP contribution in [0.3, 0.4) is 0 Å². The maximum atomic E-state index is 13.4. The van der Waals surface area contributed by atoms with E-state index < -0.39 is 39.5 Å². The normalized spacial score (nSPS) is 17.4. The molecule has 0 heterocycles. The van der Waals surface area contributed by atoms with Gasteiger partial charge < -0.3 is 14.8 Å². The molecule has 2 rings (SSSR count). The zero-order chi connectivity index (χ0) is 19.6. The summed E-state index contributed by atoms with van der Waals surface area (Å²) in [5.74, 6) is -0.541. The van der Waals surface area contributed by atoms with Gasteiger partial charge in [-0.1, -0.05) is 12.1 Å². The fourth-order valence-electron chi connectivity index (χ4n) is 2.20. The summed E-state index contributed by atoms with van der Waals surface area (Å²) in [6, 6.07) is 5.29. The van der Waals surface area contributed by atoms with E-state index >= 15 is 0 Å². The average Bonchev–Trinajstić information content (AvgIpc) is 3.20. The molecule has 0 aliphatic heterocycles. The van der Waals surface area contributed by atoms with E-state index in [9.17, 15) is 17.6 Å². The third-order valence-electron chi connectivity index (χ3n) is 3.51. The minimum atomic E-state index is -3.84. The highest BCUT2D eigenvalue weighted by Gasteiger charge is 2.46. The molecule has 1 N–H and O–H groups in total. The van der Waals surface area contributed by atoms with Gasteiger partial charge in [0, 0.05) is 5.56 Å². The molecule has 1 fully saturated rings. The number of carbonyl (C=O) groups is 1. The van der Waals surface area contributed by atoms with Crippen molar-refractivity contribution in [2.45, 2.75) is 51.0 Å². The SMILES string of the molecule is CC(C)(C)OC(=O)NC1(COC(OS(C)(=O)=O)c2cccc(F)c2)CC1. The number of rotatable bonds is 7. The zero-order valence-corrected chi connectivity index (χ0v) is 16.1. The van der Waals surface area contributed by atoms with Crippen LogP contribution in [0.4, 0.5) is 9.18 Å². The Bertz CT molecular complexity index is 755. The summed E-state index contributed by atoms with van der Waals surface area (Å²) in [4.78, 5) is 11.9. The molecular formula is C17H24FNO6S. The topological polar surface area (TPSA) is 90.9 Å². The van der Waals surface area contributed by atoms with Crippen molar-refractivity contribution in [1.29, 1.82) is 0 Å². The number of benzene rings is 1. The Hall–Kier alpha value is -1.71.